The van der Waals surface area contributed by atoms with Crippen molar-refractivity contribution in [1.82, 2.24) is 10.6 Å². The van der Waals surface area contributed by atoms with Crippen LogP contribution in [-0.4, -0.2) is 25.4 Å². The molecule has 0 spiro atoms. The van der Waals surface area contributed by atoms with Crippen LogP contribution < -0.4 is 10.6 Å². The van der Waals surface area contributed by atoms with Crippen molar-refractivity contribution in [2.24, 2.45) is 0 Å². The average molecular weight is 299 g/mol. The Balaban J connectivity index is 2.36. The molecule has 0 aromatic heterocycles. The summed E-state index contributed by atoms with van der Waals surface area (Å²) in [5.41, 5.74) is 0.604. The molecule has 0 aliphatic carbocycles. The molecule has 1 aromatic carbocycles. The lowest BCUT2D eigenvalue weighted by Gasteiger charge is -2.06. The molecule has 0 aliphatic rings. The molecule has 92 valence electrons. The van der Waals surface area contributed by atoms with Crippen molar-refractivity contribution in [2.75, 3.05) is 13.6 Å². The standard InChI is InChI=1S/C12H15BrN2O2/c1-14-11(16)7-4-8-15-12(17)9-5-2-3-6-10(9)13/h2-3,5-6H,4,7-8H2,1H3,(H,14,16)(H,15,17). The average Bonchev–Trinajstić information content (AvgIpc) is 2.34. The van der Waals surface area contributed by atoms with Crippen LogP contribution in [0.2, 0.25) is 0 Å². The highest BCUT2D eigenvalue weighted by Gasteiger charge is 2.08. The van der Waals surface area contributed by atoms with Crippen LogP contribution in [0.1, 0.15) is 23.2 Å². The zero-order chi connectivity index (χ0) is 12.7. The van der Waals surface area contributed by atoms with Gasteiger partial charge in [-0.1, -0.05) is 12.1 Å². The van der Waals surface area contributed by atoms with E-state index in [-0.39, 0.29) is 11.8 Å². The van der Waals surface area contributed by atoms with Gasteiger partial charge in [-0.25, -0.2) is 0 Å². The first-order chi connectivity index (χ1) is 8.15. The van der Waals surface area contributed by atoms with E-state index >= 15 is 0 Å². The lowest BCUT2D eigenvalue weighted by molar-refractivity contribution is -0.120. The molecule has 0 unspecified atom stereocenters. The van der Waals surface area contributed by atoms with Crippen LogP contribution in [0.4, 0.5) is 0 Å². The first-order valence-corrected chi connectivity index (χ1v) is 6.17. The molecule has 1 rings (SSSR count). The maximum Gasteiger partial charge on any atom is 0.252 e. The van der Waals surface area contributed by atoms with E-state index in [1.807, 2.05) is 18.2 Å². The highest BCUT2D eigenvalue weighted by Crippen LogP contribution is 2.15. The topological polar surface area (TPSA) is 58.2 Å². The number of carbonyl (C=O) groups excluding carboxylic acids is 2. The van der Waals surface area contributed by atoms with Crippen molar-refractivity contribution in [3.05, 3.63) is 34.3 Å². The molecular formula is C12H15BrN2O2. The van der Waals surface area contributed by atoms with Gasteiger partial charge >= 0.3 is 0 Å². The Morgan fingerprint density at radius 3 is 2.65 bits per heavy atom. The number of hydrogen-bond donors (Lipinski definition) is 2. The molecule has 0 saturated carbocycles. The zero-order valence-corrected chi connectivity index (χ0v) is 11.2. The van der Waals surface area contributed by atoms with E-state index in [1.165, 1.54) is 0 Å². The Morgan fingerprint density at radius 2 is 2.00 bits per heavy atom. The Kier molecular flexibility index (Phi) is 5.69. The van der Waals surface area contributed by atoms with Crippen LogP contribution >= 0.6 is 15.9 Å². The van der Waals surface area contributed by atoms with E-state index in [4.69, 9.17) is 0 Å². The van der Waals surface area contributed by atoms with Crippen molar-refractivity contribution in [1.29, 1.82) is 0 Å². The molecule has 17 heavy (non-hydrogen) atoms. The molecule has 0 fully saturated rings. The van der Waals surface area contributed by atoms with Gasteiger partial charge < -0.3 is 10.6 Å². The third kappa shape index (κ3) is 4.56. The SMILES string of the molecule is CNC(=O)CCCNC(=O)c1ccccc1Br. The Hall–Kier alpha value is -1.36. The molecule has 4 nitrogen and oxygen atoms in total. The summed E-state index contributed by atoms with van der Waals surface area (Å²) in [6.45, 7) is 0.494. The van der Waals surface area contributed by atoms with Gasteiger partial charge in [0.1, 0.15) is 0 Å². The van der Waals surface area contributed by atoms with Crippen LogP contribution in [0.25, 0.3) is 0 Å². The van der Waals surface area contributed by atoms with Crippen molar-refractivity contribution in [2.45, 2.75) is 12.8 Å². The van der Waals surface area contributed by atoms with Crippen LogP contribution in [0.15, 0.2) is 28.7 Å². The predicted molar refractivity (Wildman–Crippen MR) is 69.8 cm³/mol. The molecule has 0 radical (unpaired) electrons. The van der Waals surface area contributed by atoms with E-state index in [2.05, 4.69) is 26.6 Å². The summed E-state index contributed by atoms with van der Waals surface area (Å²) < 4.78 is 0.767. The van der Waals surface area contributed by atoms with E-state index < -0.39 is 0 Å². The highest BCUT2D eigenvalue weighted by molar-refractivity contribution is 9.10. The molecule has 0 bridgehead atoms. The Bertz CT molecular complexity index is 407. The number of amides is 2. The second kappa shape index (κ2) is 7.06. The summed E-state index contributed by atoms with van der Waals surface area (Å²) in [5.74, 6) is -0.144. The van der Waals surface area contributed by atoms with Gasteiger partial charge in [-0.15, -0.1) is 0 Å². The third-order valence-electron chi connectivity index (χ3n) is 2.26. The molecule has 0 aliphatic heterocycles. The normalized spacial score (nSPS) is 9.76. The number of hydrogen-bond acceptors (Lipinski definition) is 2. The van der Waals surface area contributed by atoms with Crippen LogP contribution in [-0.2, 0) is 4.79 Å². The number of rotatable bonds is 5. The largest absolute Gasteiger partial charge is 0.359 e. The molecule has 2 N–H and O–H groups in total. The van der Waals surface area contributed by atoms with Gasteiger partial charge in [0.05, 0.1) is 5.56 Å². The van der Waals surface area contributed by atoms with Gasteiger partial charge in [0, 0.05) is 24.5 Å². The van der Waals surface area contributed by atoms with E-state index in [9.17, 15) is 9.59 Å². The summed E-state index contributed by atoms with van der Waals surface area (Å²) >= 11 is 3.32. The number of halogens is 1. The fourth-order valence-electron chi connectivity index (χ4n) is 1.32. The summed E-state index contributed by atoms with van der Waals surface area (Å²) in [5, 5.41) is 5.31. The minimum Gasteiger partial charge on any atom is -0.359 e. The van der Waals surface area contributed by atoms with Gasteiger partial charge in [-0.05, 0) is 34.5 Å². The summed E-state index contributed by atoms with van der Waals surface area (Å²) in [6, 6.07) is 7.23. The van der Waals surface area contributed by atoms with Gasteiger partial charge in [-0.3, -0.25) is 9.59 Å². The van der Waals surface area contributed by atoms with Crippen molar-refractivity contribution >= 4 is 27.7 Å². The van der Waals surface area contributed by atoms with Crippen molar-refractivity contribution in [3.8, 4) is 0 Å². The minimum absolute atomic E-state index is 0.0138. The molecule has 0 heterocycles. The van der Waals surface area contributed by atoms with E-state index in [1.54, 1.807) is 13.1 Å². The molecule has 5 heteroatoms. The molecular weight excluding hydrogens is 284 g/mol. The van der Waals surface area contributed by atoms with Crippen LogP contribution in [0.5, 0.6) is 0 Å². The summed E-state index contributed by atoms with van der Waals surface area (Å²) in [6.07, 6.45) is 1.06. The maximum absolute atomic E-state index is 11.7. The van der Waals surface area contributed by atoms with Crippen LogP contribution in [0, 0.1) is 0 Å². The second-order valence-corrected chi connectivity index (χ2v) is 4.37. The molecule has 1 aromatic rings. The monoisotopic (exact) mass is 298 g/mol. The van der Waals surface area contributed by atoms with E-state index in [0.717, 1.165) is 4.47 Å². The smallest absolute Gasteiger partial charge is 0.252 e. The predicted octanol–water partition coefficient (Wildman–Crippen LogP) is 1.71. The maximum atomic E-state index is 11.7. The minimum atomic E-state index is -0.130. The van der Waals surface area contributed by atoms with Crippen molar-refractivity contribution < 1.29 is 9.59 Å². The number of benzene rings is 1. The fraction of sp³-hybridized carbons (Fsp3) is 0.333. The quantitative estimate of drug-likeness (QED) is 0.813. The van der Waals surface area contributed by atoms with Gasteiger partial charge in [-0.2, -0.15) is 0 Å². The fourth-order valence-corrected chi connectivity index (χ4v) is 1.78. The number of carbonyl (C=O) groups is 2. The van der Waals surface area contributed by atoms with Gasteiger partial charge in [0.25, 0.3) is 5.91 Å². The second-order valence-electron chi connectivity index (χ2n) is 3.51. The lowest BCUT2D eigenvalue weighted by Crippen LogP contribution is -2.26. The molecule has 0 atom stereocenters. The Morgan fingerprint density at radius 1 is 1.29 bits per heavy atom. The number of nitrogens with one attached hydrogen (secondary N) is 2. The van der Waals surface area contributed by atoms with Gasteiger partial charge in [0.2, 0.25) is 5.91 Å². The van der Waals surface area contributed by atoms with Gasteiger partial charge in [0.15, 0.2) is 0 Å². The summed E-state index contributed by atoms with van der Waals surface area (Å²) in [7, 11) is 1.60. The van der Waals surface area contributed by atoms with Crippen molar-refractivity contribution in [3.63, 3.8) is 0 Å². The molecule has 0 saturated heterocycles. The summed E-state index contributed by atoms with van der Waals surface area (Å²) in [4.78, 5) is 22.7. The van der Waals surface area contributed by atoms with E-state index in [0.29, 0.717) is 24.9 Å². The lowest BCUT2D eigenvalue weighted by atomic mass is 10.2. The Labute approximate surface area is 109 Å². The zero-order valence-electron chi connectivity index (χ0n) is 9.63. The molecule has 2 amide bonds. The third-order valence-corrected chi connectivity index (χ3v) is 2.95. The first-order valence-electron chi connectivity index (χ1n) is 5.38. The highest BCUT2D eigenvalue weighted by atomic mass is 79.9. The first kappa shape index (κ1) is 13.7. The van der Waals surface area contributed by atoms with Crippen LogP contribution in [0.3, 0.4) is 0 Å².